The van der Waals surface area contributed by atoms with Gasteiger partial charge in [0.1, 0.15) is 5.56 Å². The quantitative estimate of drug-likeness (QED) is 0.764. The highest BCUT2D eigenvalue weighted by Crippen LogP contribution is 2.27. The van der Waals surface area contributed by atoms with Gasteiger partial charge in [-0.3, -0.25) is 0 Å². The van der Waals surface area contributed by atoms with Crippen LogP contribution in [0.15, 0.2) is 0 Å². The Bertz CT molecular complexity index is 495. The summed E-state index contributed by atoms with van der Waals surface area (Å²) in [6.45, 7) is 9.54. The Morgan fingerprint density at radius 3 is 2.35 bits per heavy atom. The summed E-state index contributed by atoms with van der Waals surface area (Å²) in [7, 11) is 0. The first kappa shape index (κ1) is 16.4. The third-order valence-corrected chi connectivity index (χ3v) is 3.44. The highest BCUT2D eigenvalue weighted by Gasteiger charge is 2.27. The van der Waals surface area contributed by atoms with Gasteiger partial charge in [-0.15, -0.1) is 5.10 Å². The third-order valence-electron chi connectivity index (χ3n) is 3.44. The smallest absolute Gasteiger partial charge is 0.339 e. The molecular formula is C14H23N3O3. The normalized spacial score (nSPS) is 13.1. The molecule has 0 spiro atoms. The highest BCUT2D eigenvalue weighted by atomic mass is 16.4. The van der Waals surface area contributed by atoms with Crippen LogP contribution < -0.4 is 5.32 Å². The molecule has 1 heterocycles. The molecule has 1 unspecified atom stereocenters. The largest absolute Gasteiger partial charge is 0.478 e. The molecule has 0 saturated heterocycles. The van der Waals surface area contributed by atoms with Crippen molar-refractivity contribution in [1.82, 2.24) is 10.2 Å². The van der Waals surface area contributed by atoms with Crippen molar-refractivity contribution in [2.75, 3.05) is 11.9 Å². The first-order valence-electron chi connectivity index (χ1n) is 6.63. The van der Waals surface area contributed by atoms with Gasteiger partial charge in [0.25, 0.3) is 0 Å². The van der Waals surface area contributed by atoms with Crippen molar-refractivity contribution in [1.29, 1.82) is 0 Å². The van der Waals surface area contributed by atoms with Crippen LogP contribution in [0.1, 0.15) is 48.8 Å². The van der Waals surface area contributed by atoms with E-state index in [0.29, 0.717) is 17.7 Å². The average Bonchev–Trinajstić information content (AvgIpc) is 2.31. The molecular weight excluding hydrogens is 258 g/mol. The van der Waals surface area contributed by atoms with E-state index < -0.39 is 5.97 Å². The maximum Gasteiger partial charge on any atom is 0.339 e. The lowest BCUT2D eigenvalue weighted by molar-refractivity contribution is 0.0696. The fourth-order valence-corrected chi connectivity index (χ4v) is 1.99. The van der Waals surface area contributed by atoms with Gasteiger partial charge >= 0.3 is 5.97 Å². The number of aliphatic hydroxyl groups is 1. The molecule has 1 aromatic heterocycles. The molecule has 0 bridgehead atoms. The zero-order chi connectivity index (χ0) is 15.5. The lowest BCUT2D eigenvalue weighted by Crippen LogP contribution is -2.36. The van der Waals surface area contributed by atoms with E-state index >= 15 is 0 Å². The van der Waals surface area contributed by atoms with E-state index in [-0.39, 0.29) is 29.4 Å². The summed E-state index contributed by atoms with van der Waals surface area (Å²) in [6.07, 6.45) is 0.511. The number of hydrogen-bond donors (Lipinski definition) is 3. The molecule has 1 aromatic rings. The van der Waals surface area contributed by atoms with Gasteiger partial charge in [-0.05, 0) is 31.2 Å². The Morgan fingerprint density at radius 2 is 1.90 bits per heavy atom. The molecule has 6 heteroatoms. The second kappa shape index (κ2) is 6.17. The number of nitrogens with one attached hydrogen (secondary N) is 1. The maximum atomic E-state index is 11.4. The van der Waals surface area contributed by atoms with Crippen LogP contribution in [0.5, 0.6) is 0 Å². The van der Waals surface area contributed by atoms with Gasteiger partial charge in [-0.1, -0.05) is 20.8 Å². The Hall–Kier alpha value is -1.69. The molecule has 3 N–H and O–H groups in total. The fraction of sp³-hybridized carbons (Fsp3) is 0.643. The molecule has 0 amide bonds. The van der Waals surface area contributed by atoms with Crippen LogP contribution in [0.4, 0.5) is 5.82 Å². The standard InChI is InChI=1S/C14H23N3O3/c1-8-9(2)16-17-12(11(8)13(19)20)15-10(6-7-18)14(3,4)5/h10,18H,6-7H2,1-5H3,(H,15,17)(H,19,20). The number of aromatic carboxylic acids is 1. The van der Waals surface area contributed by atoms with Crippen molar-refractivity contribution in [3.8, 4) is 0 Å². The van der Waals surface area contributed by atoms with Crippen LogP contribution in [0, 0.1) is 19.3 Å². The fourth-order valence-electron chi connectivity index (χ4n) is 1.99. The van der Waals surface area contributed by atoms with E-state index in [9.17, 15) is 9.90 Å². The summed E-state index contributed by atoms with van der Waals surface area (Å²) in [6, 6.07) is -0.0954. The summed E-state index contributed by atoms with van der Waals surface area (Å²) in [4.78, 5) is 11.4. The van der Waals surface area contributed by atoms with Gasteiger partial charge in [0.2, 0.25) is 0 Å². The molecule has 1 rings (SSSR count). The molecule has 0 fully saturated rings. The van der Waals surface area contributed by atoms with Gasteiger partial charge in [0.05, 0.1) is 5.69 Å². The van der Waals surface area contributed by atoms with Crippen LogP contribution >= 0.6 is 0 Å². The number of rotatable bonds is 5. The van der Waals surface area contributed by atoms with Crippen molar-refractivity contribution >= 4 is 11.8 Å². The topological polar surface area (TPSA) is 95.3 Å². The van der Waals surface area contributed by atoms with Crippen molar-refractivity contribution in [2.24, 2.45) is 5.41 Å². The Kier molecular flexibility index (Phi) is 5.05. The number of aromatic nitrogens is 2. The Balaban J connectivity index is 3.19. The summed E-state index contributed by atoms with van der Waals surface area (Å²) in [5, 5.41) is 29.6. The number of carboxylic acid groups (broad SMARTS) is 1. The average molecular weight is 281 g/mol. The number of anilines is 1. The second-order valence-corrected chi connectivity index (χ2v) is 6.01. The molecule has 0 aliphatic rings. The van der Waals surface area contributed by atoms with E-state index in [0.717, 1.165) is 0 Å². The van der Waals surface area contributed by atoms with Crippen LogP contribution in [0.25, 0.3) is 0 Å². The highest BCUT2D eigenvalue weighted by molar-refractivity contribution is 5.94. The van der Waals surface area contributed by atoms with E-state index in [1.54, 1.807) is 13.8 Å². The Labute approximate surface area is 119 Å². The molecule has 0 radical (unpaired) electrons. The minimum Gasteiger partial charge on any atom is -0.478 e. The van der Waals surface area contributed by atoms with Crippen LogP contribution in [-0.2, 0) is 0 Å². The van der Waals surface area contributed by atoms with Gasteiger partial charge in [-0.25, -0.2) is 4.79 Å². The minimum absolute atomic E-state index is 0.0234. The van der Waals surface area contributed by atoms with Crippen molar-refractivity contribution < 1.29 is 15.0 Å². The second-order valence-electron chi connectivity index (χ2n) is 6.01. The van der Waals surface area contributed by atoms with Gasteiger partial charge in [-0.2, -0.15) is 5.10 Å². The van der Waals surface area contributed by atoms with Crippen molar-refractivity contribution in [2.45, 2.75) is 47.1 Å². The lowest BCUT2D eigenvalue weighted by Gasteiger charge is -2.32. The van der Waals surface area contributed by atoms with E-state index in [1.807, 2.05) is 20.8 Å². The lowest BCUT2D eigenvalue weighted by atomic mass is 9.85. The van der Waals surface area contributed by atoms with Gasteiger partial charge in [0, 0.05) is 12.6 Å². The van der Waals surface area contributed by atoms with Crippen LogP contribution in [-0.4, -0.2) is 39.0 Å². The number of aliphatic hydroxyl groups excluding tert-OH is 1. The van der Waals surface area contributed by atoms with E-state index in [2.05, 4.69) is 15.5 Å². The Morgan fingerprint density at radius 1 is 1.30 bits per heavy atom. The minimum atomic E-state index is -1.03. The summed E-state index contributed by atoms with van der Waals surface area (Å²) < 4.78 is 0. The van der Waals surface area contributed by atoms with Crippen molar-refractivity contribution in [3.63, 3.8) is 0 Å². The summed E-state index contributed by atoms with van der Waals surface area (Å²) >= 11 is 0. The van der Waals surface area contributed by atoms with Gasteiger partial charge in [0.15, 0.2) is 5.82 Å². The number of hydrogen-bond acceptors (Lipinski definition) is 5. The van der Waals surface area contributed by atoms with Gasteiger partial charge < -0.3 is 15.5 Å². The SMILES string of the molecule is Cc1nnc(NC(CCO)C(C)(C)C)c(C(=O)O)c1C. The number of carboxylic acids is 1. The number of nitrogens with zero attached hydrogens (tertiary/aromatic N) is 2. The monoisotopic (exact) mass is 281 g/mol. The number of carbonyl (C=O) groups is 1. The molecule has 0 aliphatic carbocycles. The first-order valence-corrected chi connectivity index (χ1v) is 6.63. The molecule has 0 aliphatic heterocycles. The zero-order valence-corrected chi connectivity index (χ0v) is 12.7. The predicted octanol–water partition coefficient (Wildman–Crippen LogP) is 2.00. The van der Waals surface area contributed by atoms with Crippen molar-refractivity contribution in [3.05, 3.63) is 16.8 Å². The molecule has 0 aromatic carbocycles. The zero-order valence-electron chi connectivity index (χ0n) is 12.7. The summed E-state index contributed by atoms with van der Waals surface area (Å²) in [5.74, 6) is -0.770. The van der Waals surface area contributed by atoms with E-state index in [4.69, 9.17) is 5.11 Å². The number of aryl methyl sites for hydroxylation is 1. The first-order chi connectivity index (χ1) is 9.18. The molecule has 112 valence electrons. The third kappa shape index (κ3) is 3.66. The molecule has 20 heavy (non-hydrogen) atoms. The van der Waals surface area contributed by atoms with E-state index in [1.165, 1.54) is 0 Å². The molecule has 6 nitrogen and oxygen atoms in total. The van der Waals surface area contributed by atoms with Crippen LogP contribution in [0.2, 0.25) is 0 Å². The predicted molar refractivity (Wildman–Crippen MR) is 77.0 cm³/mol. The molecule has 1 atom stereocenters. The molecule has 0 saturated carbocycles. The summed E-state index contributed by atoms with van der Waals surface area (Å²) in [5.41, 5.74) is 1.21. The van der Waals surface area contributed by atoms with Crippen LogP contribution in [0.3, 0.4) is 0 Å². The maximum absolute atomic E-state index is 11.4.